The number of carbonyl (C=O) groups is 2. The van der Waals surface area contributed by atoms with Crippen LogP contribution >= 0.6 is 0 Å². The second-order valence-corrected chi connectivity index (χ2v) is 7.69. The van der Waals surface area contributed by atoms with E-state index >= 15 is 0 Å². The van der Waals surface area contributed by atoms with E-state index in [1.165, 1.54) is 0 Å². The highest BCUT2D eigenvalue weighted by atomic mass is 16.5. The molecule has 6 nitrogen and oxygen atoms in total. The van der Waals surface area contributed by atoms with Gasteiger partial charge < -0.3 is 18.6 Å². The van der Waals surface area contributed by atoms with E-state index < -0.39 is 0 Å². The summed E-state index contributed by atoms with van der Waals surface area (Å²) in [5, 5.41) is 0. The lowest BCUT2D eigenvalue weighted by Crippen LogP contribution is -2.26. The highest BCUT2D eigenvalue weighted by Crippen LogP contribution is 2.44. The number of ether oxygens (including phenoxy) is 3. The Bertz CT molecular complexity index is 906. The average Bonchev–Trinajstić information content (AvgIpc) is 2.97. The molecule has 2 aromatic rings. The molecular formula is C22H26O6. The summed E-state index contributed by atoms with van der Waals surface area (Å²) >= 11 is 0. The SMILES string of the molecule is CCOC(=O)Cc1oc2c(c1-c1ccc(OC)c(OC)c1)C(=O)CC(C)(C)C2. The van der Waals surface area contributed by atoms with E-state index in [2.05, 4.69) is 0 Å². The topological polar surface area (TPSA) is 75.0 Å². The number of ketones is 1. The molecule has 0 radical (unpaired) electrons. The number of rotatable bonds is 6. The highest BCUT2D eigenvalue weighted by Gasteiger charge is 2.37. The Hall–Kier alpha value is -2.76. The van der Waals surface area contributed by atoms with Crippen LogP contribution in [0.25, 0.3) is 11.1 Å². The number of hydrogen-bond donors (Lipinski definition) is 0. The molecule has 0 N–H and O–H groups in total. The summed E-state index contributed by atoms with van der Waals surface area (Å²) in [4.78, 5) is 25.1. The first-order valence-corrected chi connectivity index (χ1v) is 9.35. The summed E-state index contributed by atoms with van der Waals surface area (Å²) in [5.74, 6) is 1.84. The maximum absolute atomic E-state index is 13.0. The van der Waals surface area contributed by atoms with E-state index in [4.69, 9.17) is 18.6 Å². The van der Waals surface area contributed by atoms with Crippen LogP contribution in [0, 0.1) is 5.41 Å². The van der Waals surface area contributed by atoms with Gasteiger partial charge in [-0.05, 0) is 30.0 Å². The van der Waals surface area contributed by atoms with Crippen molar-refractivity contribution in [2.45, 2.75) is 40.0 Å². The largest absolute Gasteiger partial charge is 0.493 e. The molecule has 0 unspecified atom stereocenters. The molecule has 0 amide bonds. The number of fused-ring (bicyclic) bond motifs is 1. The summed E-state index contributed by atoms with van der Waals surface area (Å²) in [5.41, 5.74) is 1.77. The molecule has 1 aliphatic rings. The summed E-state index contributed by atoms with van der Waals surface area (Å²) in [6.07, 6.45) is 1.04. The van der Waals surface area contributed by atoms with Gasteiger partial charge in [-0.3, -0.25) is 9.59 Å². The van der Waals surface area contributed by atoms with Gasteiger partial charge in [0.15, 0.2) is 17.3 Å². The molecule has 0 atom stereocenters. The summed E-state index contributed by atoms with van der Waals surface area (Å²) < 4.78 is 21.9. The fourth-order valence-electron chi connectivity index (χ4n) is 3.73. The van der Waals surface area contributed by atoms with Crippen molar-refractivity contribution < 1.29 is 28.2 Å². The van der Waals surface area contributed by atoms with Gasteiger partial charge in [0.25, 0.3) is 0 Å². The van der Waals surface area contributed by atoms with Crippen molar-refractivity contribution in [3.63, 3.8) is 0 Å². The molecule has 1 aliphatic carbocycles. The Kier molecular flexibility index (Phi) is 5.49. The Morgan fingerprint density at radius 1 is 1.11 bits per heavy atom. The van der Waals surface area contributed by atoms with E-state index in [-0.39, 0.29) is 30.2 Å². The zero-order chi connectivity index (χ0) is 20.5. The Morgan fingerprint density at radius 2 is 1.82 bits per heavy atom. The van der Waals surface area contributed by atoms with Crippen molar-refractivity contribution in [2.24, 2.45) is 5.41 Å². The molecule has 1 aromatic heterocycles. The van der Waals surface area contributed by atoms with Gasteiger partial charge in [0, 0.05) is 18.4 Å². The minimum Gasteiger partial charge on any atom is -0.493 e. The minimum atomic E-state index is -0.387. The number of methoxy groups -OCH3 is 2. The predicted octanol–water partition coefficient (Wildman–Crippen LogP) is 4.22. The van der Waals surface area contributed by atoms with Crippen LogP contribution < -0.4 is 9.47 Å². The van der Waals surface area contributed by atoms with Crippen LogP contribution in [0.1, 0.15) is 49.1 Å². The van der Waals surface area contributed by atoms with Crippen LogP contribution in [-0.4, -0.2) is 32.6 Å². The lowest BCUT2D eigenvalue weighted by atomic mass is 9.75. The smallest absolute Gasteiger partial charge is 0.313 e. The van der Waals surface area contributed by atoms with Gasteiger partial charge in [-0.1, -0.05) is 19.9 Å². The summed E-state index contributed by atoms with van der Waals surface area (Å²) in [6.45, 7) is 6.12. The molecule has 0 saturated heterocycles. The fraction of sp³-hybridized carbons (Fsp3) is 0.455. The second kappa shape index (κ2) is 7.70. The maximum Gasteiger partial charge on any atom is 0.313 e. The number of esters is 1. The third kappa shape index (κ3) is 3.77. The molecule has 0 spiro atoms. The van der Waals surface area contributed by atoms with Crippen LogP contribution in [0.5, 0.6) is 11.5 Å². The molecule has 0 bridgehead atoms. The van der Waals surface area contributed by atoms with E-state index in [9.17, 15) is 9.59 Å². The van der Waals surface area contributed by atoms with Gasteiger partial charge in [-0.25, -0.2) is 0 Å². The lowest BCUT2D eigenvalue weighted by molar-refractivity contribution is -0.142. The van der Waals surface area contributed by atoms with Crippen LogP contribution in [0.3, 0.4) is 0 Å². The number of furan rings is 1. The highest BCUT2D eigenvalue weighted by molar-refractivity contribution is 6.05. The Morgan fingerprint density at radius 3 is 2.46 bits per heavy atom. The molecule has 28 heavy (non-hydrogen) atoms. The molecule has 3 rings (SSSR count). The first kappa shape index (κ1) is 20.0. The van der Waals surface area contributed by atoms with E-state index in [0.717, 1.165) is 5.56 Å². The van der Waals surface area contributed by atoms with Gasteiger partial charge in [-0.15, -0.1) is 0 Å². The van der Waals surface area contributed by atoms with Gasteiger partial charge in [-0.2, -0.15) is 0 Å². The third-order valence-electron chi connectivity index (χ3n) is 4.89. The van der Waals surface area contributed by atoms with Crippen molar-refractivity contribution in [2.75, 3.05) is 20.8 Å². The van der Waals surface area contributed by atoms with Crippen molar-refractivity contribution in [1.29, 1.82) is 0 Å². The normalized spacial score (nSPS) is 15.1. The molecule has 0 fully saturated rings. The van der Waals surface area contributed by atoms with Gasteiger partial charge in [0.05, 0.1) is 26.4 Å². The van der Waals surface area contributed by atoms with Gasteiger partial charge >= 0.3 is 5.97 Å². The zero-order valence-corrected chi connectivity index (χ0v) is 17.0. The number of hydrogen-bond acceptors (Lipinski definition) is 6. The molecule has 1 aromatic carbocycles. The van der Waals surface area contributed by atoms with Crippen LogP contribution in [0.15, 0.2) is 22.6 Å². The van der Waals surface area contributed by atoms with Crippen molar-refractivity contribution in [1.82, 2.24) is 0 Å². The van der Waals surface area contributed by atoms with Crippen LogP contribution in [0.2, 0.25) is 0 Å². The van der Waals surface area contributed by atoms with Gasteiger partial charge in [0.1, 0.15) is 17.9 Å². The lowest BCUT2D eigenvalue weighted by Gasteiger charge is -2.27. The second-order valence-electron chi connectivity index (χ2n) is 7.69. The molecule has 6 heteroatoms. The predicted molar refractivity (Wildman–Crippen MR) is 104 cm³/mol. The Balaban J connectivity index is 2.17. The molecule has 0 aliphatic heterocycles. The van der Waals surface area contributed by atoms with Crippen LogP contribution in [-0.2, 0) is 22.4 Å². The molecule has 1 heterocycles. The average molecular weight is 386 g/mol. The number of benzene rings is 1. The zero-order valence-electron chi connectivity index (χ0n) is 17.0. The standard InChI is InChI=1S/C22H26O6/c1-6-27-19(24)10-17-20(13-7-8-15(25-4)16(9-13)26-5)21-14(23)11-22(2,3)12-18(21)28-17/h7-9H,6,10-12H2,1-5H3. The number of Topliss-reactive ketones (excluding diaryl/α,β-unsaturated/α-hetero) is 1. The Labute approximate surface area is 164 Å². The van der Waals surface area contributed by atoms with Gasteiger partial charge in [0.2, 0.25) is 0 Å². The van der Waals surface area contributed by atoms with Crippen molar-refractivity contribution in [3.05, 3.63) is 35.3 Å². The first-order valence-electron chi connectivity index (χ1n) is 9.35. The maximum atomic E-state index is 13.0. The monoisotopic (exact) mass is 386 g/mol. The molecular weight excluding hydrogens is 360 g/mol. The molecule has 0 saturated carbocycles. The number of carbonyl (C=O) groups excluding carboxylic acids is 2. The first-order chi connectivity index (χ1) is 13.3. The van der Waals surface area contributed by atoms with Crippen LogP contribution in [0.4, 0.5) is 0 Å². The van der Waals surface area contributed by atoms with Crippen molar-refractivity contribution in [3.8, 4) is 22.6 Å². The minimum absolute atomic E-state index is 0.0230. The third-order valence-corrected chi connectivity index (χ3v) is 4.89. The van der Waals surface area contributed by atoms with Crippen molar-refractivity contribution >= 4 is 11.8 Å². The summed E-state index contributed by atoms with van der Waals surface area (Å²) in [6, 6.07) is 5.42. The van der Waals surface area contributed by atoms with E-state index in [1.54, 1.807) is 33.3 Å². The fourth-order valence-corrected chi connectivity index (χ4v) is 3.73. The van der Waals surface area contributed by atoms with E-state index in [1.807, 2.05) is 19.9 Å². The quantitative estimate of drug-likeness (QED) is 0.692. The molecule has 150 valence electrons. The van der Waals surface area contributed by atoms with E-state index in [0.29, 0.717) is 47.0 Å². The summed E-state index contributed by atoms with van der Waals surface area (Å²) in [7, 11) is 3.12.